The second-order valence-electron chi connectivity index (χ2n) is 7.45. The van der Waals surface area contributed by atoms with Crippen molar-refractivity contribution >= 4 is 27.6 Å². The highest BCUT2D eigenvalue weighted by Gasteiger charge is 2.23. The first kappa shape index (κ1) is 19.5. The molecule has 0 bridgehead atoms. The van der Waals surface area contributed by atoms with Crippen molar-refractivity contribution in [2.75, 3.05) is 58.4 Å². The molecule has 6 heteroatoms. The molecule has 2 fully saturated rings. The molecule has 1 unspecified atom stereocenters. The third-order valence-electron chi connectivity index (χ3n) is 5.22. The average molecular weight is 423 g/mol. The zero-order chi connectivity index (χ0) is 18.4. The first-order valence-electron chi connectivity index (χ1n) is 9.65. The van der Waals surface area contributed by atoms with E-state index in [-0.39, 0.29) is 0 Å². The van der Waals surface area contributed by atoms with E-state index in [1.165, 1.54) is 24.9 Å². The minimum Gasteiger partial charge on any atom is -0.379 e. The monoisotopic (exact) mass is 422 g/mol. The van der Waals surface area contributed by atoms with Gasteiger partial charge < -0.3 is 19.9 Å². The van der Waals surface area contributed by atoms with Gasteiger partial charge in [0.15, 0.2) is 5.96 Å². The van der Waals surface area contributed by atoms with E-state index < -0.39 is 0 Å². The van der Waals surface area contributed by atoms with Crippen LogP contribution in [0.5, 0.6) is 0 Å². The number of anilines is 1. The molecule has 0 amide bonds. The van der Waals surface area contributed by atoms with Crippen molar-refractivity contribution in [1.29, 1.82) is 0 Å². The molecule has 1 aromatic carbocycles. The summed E-state index contributed by atoms with van der Waals surface area (Å²) in [6.45, 7) is 5.76. The third kappa shape index (κ3) is 5.88. The summed E-state index contributed by atoms with van der Waals surface area (Å²) < 4.78 is 6.87. The second-order valence-corrected chi connectivity index (χ2v) is 8.36. The lowest BCUT2D eigenvalue weighted by molar-refractivity contribution is 0.115. The van der Waals surface area contributed by atoms with E-state index in [1.54, 1.807) is 0 Å². The van der Waals surface area contributed by atoms with Gasteiger partial charge in [0, 0.05) is 57.0 Å². The van der Waals surface area contributed by atoms with Crippen LogP contribution in [0.15, 0.2) is 33.7 Å². The normalized spacial score (nSPS) is 20.5. The molecule has 144 valence electrons. The van der Waals surface area contributed by atoms with Crippen LogP contribution in [0.2, 0.25) is 0 Å². The minimum absolute atomic E-state index is 0.648. The number of rotatable bonds is 8. The fourth-order valence-electron chi connectivity index (χ4n) is 3.35. The Kier molecular flexibility index (Phi) is 7.20. The molecule has 26 heavy (non-hydrogen) atoms. The van der Waals surface area contributed by atoms with Crippen molar-refractivity contribution in [3.8, 4) is 0 Å². The standard InChI is InChI=1S/C20H31BrN4O/c1-22-20(24(2)11-12-26-15-16-3-4-16)23-13-17-9-10-25(14-17)19-7-5-18(21)6-8-19/h5-8,16-17H,3-4,9-15H2,1-2H3,(H,22,23). The van der Waals surface area contributed by atoms with Gasteiger partial charge in [0.2, 0.25) is 0 Å². The number of aliphatic imine (C=N–C) groups is 1. The Labute approximate surface area is 165 Å². The van der Waals surface area contributed by atoms with Gasteiger partial charge in [0.1, 0.15) is 0 Å². The van der Waals surface area contributed by atoms with Gasteiger partial charge in [-0.1, -0.05) is 15.9 Å². The van der Waals surface area contributed by atoms with Crippen LogP contribution >= 0.6 is 15.9 Å². The van der Waals surface area contributed by atoms with Crippen LogP contribution in [0.4, 0.5) is 5.69 Å². The number of ether oxygens (including phenoxy) is 1. The van der Waals surface area contributed by atoms with Gasteiger partial charge in [-0.25, -0.2) is 0 Å². The molecule has 1 aromatic rings. The minimum atomic E-state index is 0.648. The van der Waals surface area contributed by atoms with Gasteiger partial charge in [-0.2, -0.15) is 0 Å². The summed E-state index contributed by atoms with van der Waals surface area (Å²) in [7, 11) is 3.94. The molecule has 0 radical (unpaired) electrons. The Bertz CT molecular complexity index is 588. The van der Waals surface area contributed by atoms with Crippen molar-refractivity contribution in [1.82, 2.24) is 10.2 Å². The van der Waals surface area contributed by atoms with Crippen molar-refractivity contribution < 1.29 is 4.74 Å². The van der Waals surface area contributed by atoms with Gasteiger partial charge >= 0.3 is 0 Å². The quantitative estimate of drug-likeness (QED) is 0.396. The van der Waals surface area contributed by atoms with Crippen LogP contribution < -0.4 is 10.2 Å². The van der Waals surface area contributed by atoms with E-state index >= 15 is 0 Å². The second kappa shape index (κ2) is 9.60. The van der Waals surface area contributed by atoms with E-state index in [4.69, 9.17) is 4.74 Å². The van der Waals surface area contributed by atoms with E-state index in [1.807, 2.05) is 7.05 Å². The highest BCUT2D eigenvalue weighted by atomic mass is 79.9. The molecule has 3 rings (SSSR count). The predicted octanol–water partition coefficient (Wildman–Crippen LogP) is 3.21. The van der Waals surface area contributed by atoms with Crippen LogP contribution in [0.1, 0.15) is 19.3 Å². The number of hydrogen-bond donors (Lipinski definition) is 1. The molecule has 2 aliphatic rings. The van der Waals surface area contributed by atoms with Crippen molar-refractivity contribution in [3.05, 3.63) is 28.7 Å². The van der Waals surface area contributed by atoms with Crippen LogP contribution in [0.25, 0.3) is 0 Å². The highest BCUT2D eigenvalue weighted by molar-refractivity contribution is 9.10. The largest absolute Gasteiger partial charge is 0.379 e. The molecule has 1 N–H and O–H groups in total. The van der Waals surface area contributed by atoms with Crippen LogP contribution in [0, 0.1) is 11.8 Å². The van der Waals surface area contributed by atoms with E-state index in [0.29, 0.717) is 5.92 Å². The highest BCUT2D eigenvalue weighted by Crippen LogP contribution is 2.28. The van der Waals surface area contributed by atoms with Gasteiger partial charge in [-0.05, 0) is 55.4 Å². The lowest BCUT2D eigenvalue weighted by atomic mass is 10.1. The molecule has 1 heterocycles. The Hall–Kier alpha value is -1.27. The smallest absolute Gasteiger partial charge is 0.193 e. The summed E-state index contributed by atoms with van der Waals surface area (Å²) in [5.74, 6) is 2.44. The van der Waals surface area contributed by atoms with Gasteiger partial charge in [0.25, 0.3) is 0 Å². The maximum Gasteiger partial charge on any atom is 0.193 e. The molecule has 1 aliphatic carbocycles. The van der Waals surface area contributed by atoms with Crippen LogP contribution in [-0.4, -0.2) is 64.3 Å². The molecule has 1 aliphatic heterocycles. The maximum atomic E-state index is 5.74. The Balaban J connectivity index is 1.37. The molecule has 1 atom stereocenters. The van der Waals surface area contributed by atoms with E-state index in [0.717, 1.165) is 55.7 Å². The van der Waals surface area contributed by atoms with Gasteiger partial charge in [0.05, 0.1) is 6.61 Å². The summed E-state index contributed by atoms with van der Waals surface area (Å²) >= 11 is 3.51. The Morgan fingerprint density at radius 1 is 1.27 bits per heavy atom. The zero-order valence-corrected chi connectivity index (χ0v) is 17.5. The summed E-state index contributed by atoms with van der Waals surface area (Å²) in [6.07, 6.45) is 3.91. The molecule has 1 saturated heterocycles. The Morgan fingerprint density at radius 2 is 2.04 bits per heavy atom. The van der Waals surface area contributed by atoms with Crippen LogP contribution in [-0.2, 0) is 4.74 Å². The molecule has 0 spiro atoms. The van der Waals surface area contributed by atoms with Crippen molar-refractivity contribution in [3.63, 3.8) is 0 Å². The molecule has 0 aromatic heterocycles. The summed E-state index contributed by atoms with van der Waals surface area (Å²) in [5, 5.41) is 3.54. The van der Waals surface area contributed by atoms with Gasteiger partial charge in [-0.15, -0.1) is 0 Å². The number of nitrogens with one attached hydrogen (secondary N) is 1. The number of guanidine groups is 1. The Morgan fingerprint density at radius 3 is 2.73 bits per heavy atom. The summed E-state index contributed by atoms with van der Waals surface area (Å²) in [4.78, 5) is 9.05. The number of halogens is 1. The summed E-state index contributed by atoms with van der Waals surface area (Å²) in [5.41, 5.74) is 1.31. The molecular formula is C20H31BrN4O. The van der Waals surface area contributed by atoms with E-state index in [9.17, 15) is 0 Å². The zero-order valence-electron chi connectivity index (χ0n) is 16.0. The number of benzene rings is 1. The number of likely N-dealkylation sites (N-methyl/N-ethyl adjacent to an activating group) is 1. The van der Waals surface area contributed by atoms with Crippen molar-refractivity contribution in [2.45, 2.75) is 19.3 Å². The van der Waals surface area contributed by atoms with Crippen molar-refractivity contribution in [2.24, 2.45) is 16.8 Å². The lowest BCUT2D eigenvalue weighted by Crippen LogP contribution is -2.42. The topological polar surface area (TPSA) is 40.1 Å². The molecule has 1 saturated carbocycles. The number of hydrogen-bond acceptors (Lipinski definition) is 3. The maximum absolute atomic E-state index is 5.74. The van der Waals surface area contributed by atoms with E-state index in [2.05, 4.69) is 67.4 Å². The number of nitrogens with zero attached hydrogens (tertiary/aromatic N) is 3. The fourth-order valence-corrected chi connectivity index (χ4v) is 3.61. The fraction of sp³-hybridized carbons (Fsp3) is 0.650. The first-order valence-corrected chi connectivity index (χ1v) is 10.4. The first-order chi connectivity index (χ1) is 12.7. The third-order valence-corrected chi connectivity index (χ3v) is 5.75. The summed E-state index contributed by atoms with van der Waals surface area (Å²) in [6, 6.07) is 8.61. The molecule has 5 nitrogen and oxygen atoms in total. The predicted molar refractivity (Wildman–Crippen MR) is 112 cm³/mol. The lowest BCUT2D eigenvalue weighted by Gasteiger charge is -2.24. The average Bonchev–Trinajstić information content (AvgIpc) is 3.36. The van der Waals surface area contributed by atoms with Crippen LogP contribution in [0.3, 0.4) is 0 Å². The van der Waals surface area contributed by atoms with Gasteiger partial charge in [-0.3, -0.25) is 4.99 Å². The molecular weight excluding hydrogens is 392 g/mol. The SMILES string of the molecule is CN=C(NCC1CCN(c2ccc(Br)cc2)C1)N(C)CCOCC1CC1.